The van der Waals surface area contributed by atoms with Crippen molar-refractivity contribution in [3.05, 3.63) is 35.4 Å². The Kier molecular flexibility index (Phi) is 5.68. The van der Waals surface area contributed by atoms with Crippen LogP contribution in [0.25, 0.3) is 0 Å². The number of esters is 1. The SMILES string of the molecule is CC1CCCCCCCC#Cc2ccccc2C(=O)O1. The first-order valence-electron chi connectivity index (χ1n) is 7.56. The molecular weight excluding hydrogens is 248 g/mol. The number of rotatable bonds is 0. The molecule has 1 heterocycles. The Bertz CT molecular complexity index is 508. The van der Waals surface area contributed by atoms with Gasteiger partial charge < -0.3 is 4.74 Å². The Labute approximate surface area is 121 Å². The maximum atomic E-state index is 12.2. The molecule has 0 radical (unpaired) electrons. The summed E-state index contributed by atoms with van der Waals surface area (Å²) in [6, 6.07) is 7.45. The molecule has 0 amide bonds. The molecule has 2 rings (SSSR count). The van der Waals surface area contributed by atoms with Crippen molar-refractivity contribution in [3.63, 3.8) is 0 Å². The second-order valence-electron chi connectivity index (χ2n) is 5.37. The molecule has 106 valence electrons. The van der Waals surface area contributed by atoms with Crippen molar-refractivity contribution in [2.75, 3.05) is 0 Å². The minimum atomic E-state index is -0.251. The van der Waals surface area contributed by atoms with Gasteiger partial charge in [0.2, 0.25) is 0 Å². The number of carbonyl (C=O) groups excluding carboxylic acids is 1. The van der Waals surface area contributed by atoms with Gasteiger partial charge >= 0.3 is 5.97 Å². The van der Waals surface area contributed by atoms with E-state index < -0.39 is 0 Å². The zero-order valence-electron chi connectivity index (χ0n) is 12.2. The maximum Gasteiger partial charge on any atom is 0.339 e. The quantitative estimate of drug-likeness (QED) is 0.518. The molecule has 2 heteroatoms. The fourth-order valence-corrected chi connectivity index (χ4v) is 2.41. The first-order chi connectivity index (χ1) is 9.77. The fourth-order valence-electron chi connectivity index (χ4n) is 2.41. The summed E-state index contributed by atoms with van der Waals surface area (Å²) in [7, 11) is 0. The number of ether oxygens (including phenoxy) is 1. The third-order valence-corrected chi connectivity index (χ3v) is 3.59. The summed E-state index contributed by atoms with van der Waals surface area (Å²) < 4.78 is 5.51. The molecule has 0 aromatic heterocycles. The molecule has 1 aromatic carbocycles. The molecule has 1 aromatic rings. The molecule has 0 bridgehead atoms. The largest absolute Gasteiger partial charge is 0.459 e. The standard InChI is InChI=1S/C18H22O2/c1-15-11-7-5-3-2-4-6-8-12-16-13-9-10-14-17(16)18(19)20-15/h9-10,13-15H,2-7,11H2,1H3. The third kappa shape index (κ3) is 4.42. The van der Waals surface area contributed by atoms with Crippen LogP contribution in [0, 0.1) is 11.8 Å². The highest BCUT2D eigenvalue weighted by Crippen LogP contribution is 2.15. The van der Waals surface area contributed by atoms with Crippen molar-refractivity contribution in [2.45, 2.75) is 58.0 Å². The third-order valence-electron chi connectivity index (χ3n) is 3.59. The van der Waals surface area contributed by atoms with Gasteiger partial charge in [-0.3, -0.25) is 0 Å². The summed E-state index contributed by atoms with van der Waals surface area (Å²) in [5.41, 5.74) is 1.37. The molecule has 20 heavy (non-hydrogen) atoms. The normalized spacial score (nSPS) is 20.9. The number of cyclic esters (lactones) is 1. The molecule has 2 nitrogen and oxygen atoms in total. The second kappa shape index (κ2) is 7.75. The van der Waals surface area contributed by atoms with Crippen LogP contribution in [0.4, 0.5) is 0 Å². The summed E-state index contributed by atoms with van der Waals surface area (Å²) in [5, 5.41) is 0. The first-order valence-corrected chi connectivity index (χ1v) is 7.56. The molecule has 1 atom stereocenters. The lowest BCUT2D eigenvalue weighted by atomic mass is 10.1. The van der Waals surface area contributed by atoms with E-state index in [1.807, 2.05) is 25.1 Å². The Morgan fingerprint density at radius 3 is 2.75 bits per heavy atom. The van der Waals surface area contributed by atoms with E-state index in [-0.39, 0.29) is 12.1 Å². The van der Waals surface area contributed by atoms with E-state index in [4.69, 9.17) is 4.74 Å². The van der Waals surface area contributed by atoms with Gasteiger partial charge in [0.05, 0.1) is 11.7 Å². The van der Waals surface area contributed by atoms with Crippen LogP contribution >= 0.6 is 0 Å². The predicted octanol–water partition coefficient (Wildman–Crippen LogP) is 4.33. The Morgan fingerprint density at radius 2 is 1.85 bits per heavy atom. The average molecular weight is 270 g/mol. The van der Waals surface area contributed by atoms with Gasteiger partial charge in [-0.2, -0.15) is 0 Å². The van der Waals surface area contributed by atoms with Crippen LogP contribution in [0.5, 0.6) is 0 Å². The highest BCUT2D eigenvalue weighted by molar-refractivity contribution is 5.92. The lowest BCUT2D eigenvalue weighted by Crippen LogP contribution is -2.16. The smallest absolute Gasteiger partial charge is 0.339 e. The number of hydrogen-bond acceptors (Lipinski definition) is 2. The van der Waals surface area contributed by atoms with Crippen LogP contribution in [0.3, 0.4) is 0 Å². The Morgan fingerprint density at radius 1 is 1.10 bits per heavy atom. The fraction of sp³-hybridized carbons (Fsp3) is 0.500. The first kappa shape index (κ1) is 14.7. The predicted molar refractivity (Wildman–Crippen MR) is 80.5 cm³/mol. The molecule has 0 aliphatic carbocycles. The van der Waals surface area contributed by atoms with Gasteiger partial charge in [0.1, 0.15) is 0 Å². The van der Waals surface area contributed by atoms with Gasteiger partial charge in [0.25, 0.3) is 0 Å². The van der Waals surface area contributed by atoms with Gasteiger partial charge in [-0.25, -0.2) is 4.79 Å². The van der Waals surface area contributed by atoms with Crippen molar-refractivity contribution >= 4 is 5.97 Å². The molecule has 1 aliphatic rings. The molecule has 0 N–H and O–H groups in total. The maximum absolute atomic E-state index is 12.2. The van der Waals surface area contributed by atoms with Crippen molar-refractivity contribution < 1.29 is 9.53 Å². The second-order valence-corrected chi connectivity index (χ2v) is 5.37. The molecule has 0 saturated carbocycles. The summed E-state index contributed by atoms with van der Waals surface area (Å²) in [6.45, 7) is 1.97. The highest BCUT2D eigenvalue weighted by atomic mass is 16.5. The van der Waals surface area contributed by atoms with Crippen LogP contribution in [0.15, 0.2) is 24.3 Å². The molecule has 1 aliphatic heterocycles. The van der Waals surface area contributed by atoms with Gasteiger partial charge in [-0.15, -0.1) is 0 Å². The van der Waals surface area contributed by atoms with Crippen LogP contribution < -0.4 is 0 Å². The number of hydrogen-bond donors (Lipinski definition) is 0. The molecule has 0 fully saturated rings. The number of carbonyl (C=O) groups is 1. The van der Waals surface area contributed by atoms with E-state index in [2.05, 4.69) is 11.8 Å². The van der Waals surface area contributed by atoms with Gasteiger partial charge in [0, 0.05) is 12.0 Å². The molecular formula is C18H22O2. The lowest BCUT2D eigenvalue weighted by Gasteiger charge is -2.14. The van der Waals surface area contributed by atoms with Crippen molar-refractivity contribution in [2.24, 2.45) is 0 Å². The highest BCUT2D eigenvalue weighted by Gasteiger charge is 2.14. The summed E-state index contributed by atoms with van der Waals surface area (Å²) >= 11 is 0. The lowest BCUT2D eigenvalue weighted by molar-refractivity contribution is 0.0319. The molecule has 0 saturated heterocycles. The van der Waals surface area contributed by atoms with Crippen molar-refractivity contribution in [1.82, 2.24) is 0 Å². The summed E-state index contributed by atoms with van der Waals surface area (Å²) in [4.78, 5) is 12.2. The minimum absolute atomic E-state index is 0.0218. The zero-order valence-corrected chi connectivity index (χ0v) is 12.2. The molecule has 1 unspecified atom stereocenters. The molecule has 0 spiro atoms. The van der Waals surface area contributed by atoms with E-state index in [1.165, 1.54) is 19.3 Å². The van der Waals surface area contributed by atoms with E-state index in [1.54, 1.807) is 6.07 Å². The van der Waals surface area contributed by atoms with Gasteiger partial charge in [-0.1, -0.05) is 43.2 Å². The van der Waals surface area contributed by atoms with Crippen LogP contribution in [-0.4, -0.2) is 12.1 Å². The summed E-state index contributed by atoms with van der Waals surface area (Å²) in [5.74, 6) is 6.03. The van der Waals surface area contributed by atoms with E-state index in [0.29, 0.717) is 5.56 Å². The minimum Gasteiger partial charge on any atom is -0.459 e. The Balaban J connectivity index is 2.19. The van der Waals surface area contributed by atoms with Gasteiger partial charge in [0.15, 0.2) is 0 Å². The number of benzene rings is 1. The Hall–Kier alpha value is -1.75. The van der Waals surface area contributed by atoms with E-state index >= 15 is 0 Å². The van der Waals surface area contributed by atoms with Crippen LogP contribution in [-0.2, 0) is 4.74 Å². The zero-order chi connectivity index (χ0) is 14.2. The van der Waals surface area contributed by atoms with Crippen molar-refractivity contribution in [3.8, 4) is 11.8 Å². The number of fused-ring (bicyclic) bond motifs is 1. The average Bonchev–Trinajstić information content (AvgIpc) is 2.45. The van der Waals surface area contributed by atoms with Crippen LogP contribution in [0.1, 0.15) is 67.8 Å². The van der Waals surface area contributed by atoms with Gasteiger partial charge in [-0.05, 0) is 38.3 Å². The monoisotopic (exact) mass is 270 g/mol. The van der Waals surface area contributed by atoms with Crippen LogP contribution in [0.2, 0.25) is 0 Å². The topological polar surface area (TPSA) is 26.3 Å². The summed E-state index contributed by atoms with van der Waals surface area (Å²) in [6.07, 6.45) is 7.80. The van der Waals surface area contributed by atoms with E-state index in [9.17, 15) is 4.79 Å². The van der Waals surface area contributed by atoms with Crippen molar-refractivity contribution in [1.29, 1.82) is 0 Å². The van der Waals surface area contributed by atoms with E-state index in [0.717, 1.165) is 31.2 Å².